The summed E-state index contributed by atoms with van der Waals surface area (Å²) in [5, 5.41) is 10.4. The van der Waals surface area contributed by atoms with Crippen LogP contribution in [0.4, 0.5) is 5.69 Å². The fourth-order valence-corrected chi connectivity index (χ4v) is 4.95. The number of halogens is 1. The lowest BCUT2D eigenvalue weighted by Gasteiger charge is -2.19. The summed E-state index contributed by atoms with van der Waals surface area (Å²) in [6.45, 7) is 4.26. The highest BCUT2D eigenvalue weighted by Gasteiger charge is 2.22. The number of carbonyl (C=O) groups is 1. The predicted octanol–water partition coefficient (Wildman–Crippen LogP) is 2.95. The highest BCUT2D eigenvalue weighted by molar-refractivity contribution is 8.01. The molecule has 0 aliphatic heterocycles. The fraction of sp³-hybridized carbons (Fsp3) is 0.357. The summed E-state index contributed by atoms with van der Waals surface area (Å²) in [5.41, 5.74) is 1.84. The molecule has 1 aromatic heterocycles. The SMILES string of the molecule is CCN(CC)S(=O)(=O)c1ccc(Cl)c(NC(=O)CSc2nncs2)c1. The van der Waals surface area contributed by atoms with Crippen molar-refractivity contribution in [2.45, 2.75) is 23.1 Å². The molecule has 1 aromatic carbocycles. The molecule has 2 rings (SSSR count). The third-order valence-electron chi connectivity index (χ3n) is 3.22. The van der Waals surface area contributed by atoms with Gasteiger partial charge in [0.2, 0.25) is 15.9 Å². The minimum atomic E-state index is -3.62. The zero-order valence-electron chi connectivity index (χ0n) is 13.6. The minimum Gasteiger partial charge on any atom is -0.324 e. The van der Waals surface area contributed by atoms with Gasteiger partial charge in [-0.15, -0.1) is 10.2 Å². The largest absolute Gasteiger partial charge is 0.324 e. The first-order valence-corrected chi connectivity index (χ1v) is 11.0. The molecule has 0 saturated heterocycles. The molecule has 7 nitrogen and oxygen atoms in total. The van der Waals surface area contributed by atoms with E-state index in [9.17, 15) is 13.2 Å². The normalized spacial score (nSPS) is 11.7. The van der Waals surface area contributed by atoms with E-state index in [1.165, 1.54) is 45.6 Å². The summed E-state index contributed by atoms with van der Waals surface area (Å²) in [5.74, 6) is -0.182. The third-order valence-corrected chi connectivity index (χ3v) is 7.46. The third kappa shape index (κ3) is 5.14. The van der Waals surface area contributed by atoms with E-state index in [0.717, 1.165) is 0 Å². The summed E-state index contributed by atoms with van der Waals surface area (Å²) in [4.78, 5) is 12.2. The van der Waals surface area contributed by atoms with Gasteiger partial charge in [0.1, 0.15) is 5.51 Å². The Kier molecular flexibility index (Phi) is 7.20. The van der Waals surface area contributed by atoms with Gasteiger partial charge in [-0.2, -0.15) is 4.31 Å². The van der Waals surface area contributed by atoms with Gasteiger partial charge in [-0.05, 0) is 18.2 Å². The second-order valence-electron chi connectivity index (χ2n) is 4.77. The first-order valence-electron chi connectivity index (χ1n) is 7.37. The van der Waals surface area contributed by atoms with Crippen LogP contribution in [0.2, 0.25) is 5.02 Å². The van der Waals surface area contributed by atoms with Crippen LogP contribution >= 0.6 is 34.7 Å². The maximum absolute atomic E-state index is 12.6. The van der Waals surface area contributed by atoms with Gasteiger partial charge in [-0.3, -0.25) is 4.79 Å². The molecule has 0 aliphatic rings. The van der Waals surface area contributed by atoms with Crippen molar-refractivity contribution < 1.29 is 13.2 Å². The number of thioether (sulfide) groups is 1. The van der Waals surface area contributed by atoms with E-state index in [-0.39, 0.29) is 27.3 Å². The van der Waals surface area contributed by atoms with Gasteiger partial charge in [0.25, 0.3) is 0 Å². The zero-order valence-corrected chi connectivity index (χ0v) is 16.8. The van der Waals surface area contributed by atoms with Gasteiger partial charge in [-0.25, -0.2) is 8.42 Å². The maximum Gasteiger partial charge on any atom is 0.243 e. The van der Waals surface area contributed by atoms with Gasteiger partial charge in [0, 0.05) is 13.1 Å². The lowest BCUT2D eigenvalue weighted by atomic mass is 10.3. The highest BCUT2D eigenvalue weighted by Crippen LogP contribution is 2.27. The molecule has 0 unspecified atom stereocenters. The second-order valence-corrected chi connectivity index (χ2v) is 9.17. The van der Waals surface area contributed by atoms with E-state index in [1.807, 2.05) is 0 Å². The standard InChI is InChI=1S/C14H17ClN4O3S3/c1-3-19(4-2)25(21,22)10-5-6-11(15)12(7-10)17-13(20)8-23-14-18-16-9-24-14/h5-7,9H,3-4,8H2,1-2H3,(H,17,20). The van der Waals surface area contributed by atoms with Gasteiger partial charge in [-0.1, -0.05) is 48.5 Å². The molecule has 1 heterocycles. The molecule has 0 radical (unpaired) electrons. The van der Waals surface area contributed by atoms with Crippen LogP contribution in [0, 0.1) is 0 Å². The molecular formula is C14H17ClN4O3S3. The molecule has 0 aliphatic carbocycles. The quantitative estimate of drug-likeness (QED) is 0.660. The number of nitrogens with one attached hydrogen (secondary N) is 1. The molecule has 2 aromatic rings. The summed E-state index contributed by atoms with van der Waals surface area (Å²) in [6.07, 6.45) is 0. The number of benzene rings is 1. The van der Waals surface area contributed by atoms with Crippen molar-refractivity contribution >= 4 is 56.3 Å². The van der Waals surface area contributed by atoms with E-state index in [0.29, 0.717) is 17.4 Å². The van der Waals surface area contributed by atoms with Crippen molar-refractivity contribution in [2.24, 2.45) is 0 Å². The van der Waals surface area contributed by atoms with Gasteiger partial charge in [0.05, 0.1) is 21.4 Å². The molecule has 0 spiro atoms. The number of carbonyl (C=O) groups excluding carboxylic acids is 1. The molecule has 0 saturated carbocycles. The van der Waals surface area contributed by atoms with E-state index in [4.69, 9.17) is 11.6 Å². The monoisotopic (exact) mass is 420 g/mol. The molecule has 0 atom stereocenters. The number of rotatable bonds is 8. The Labute approximate surface area is 159 Å². The van der Waals surface area contributed by atoms with Gasteiger partial charge < -0.3 is 5.32 Å². The number of sulfonamides is 1. The number of anilines is 1. The summed E-state index contributed by atoms with van der Waals surface area (Å²) in [7, 11) is -3.62. The van der Waals surface area contributed by atoms with Crippen molar-refractivity contribution in [1.82, 2.24) is 14.5 Å². The molecule has 0 fully saturated rings. The first kappa shape index (κ1) is 20.1. The number of nitrogens with zero attached hydrogens (tertiary/aromatic N) is 3. The van der Waals surface area contributed by atoms with E-state index in [2.05, 4.69) is 15.5 Å². The molecule has 11 heteroatoms. The first-order chi connectivity index (χ1) is 11.9. The summed E-state index contributed by atoms with van der Waals surface area (Å²) in [6, 6.07) is 4.27. The van der Waals surface area contributed by atoms with E-state index >= 15 is 0 Å². The molecule has 1 N–H and O–H groups in total. The highest BCUT2D eigenvalue weighted by atomic mass is 35.5. The maximum atomic E-state index is 12.6. The molecule has 1 amide bonds. The van der Waals surface area contributed by atoms with Crippen molar-refractivity contribution in [2.75, 3.05) is 24.2 Å². The fourth-order valence-electron chi connectivity index (χ4n) is 2.01. The lowest BCUT2D eigenvalue weighted by molar-refractivity contribution is -0.113. The smallest absolute Gasteiger partial charge is 0.243 e. The van der Waals surface area contributed by atoms with Crippen LogP contribution in [0.5, 0.6) is 0 Å². The average molecular weight is 421 g/mol. The van der Waals surface area contributed by atoms with Crippen LogP contribution in [0.3, 0.4) is 0 Å². The Bertz CT molecular complexity index is 824. The Morgan fingerprint density at radius 2 is 2.08 bits per heavy atom. The van der Waals surface area contributed by atoms with E-state index in [1.54, 1.807) is 19.4 Å². The van der Waals surface area contributed by atoms with Crippen LogP contribution in [0.1, 0.15) is 13.8 Å². The topological polar surface area (TPSA) is 92.3 Å². The minimum absolute atomic E-state index is 0.0904. The van der Waals surface area contributed by atoms with Gasteiger partial charge in [0.15, 0.2) is 4.34 Å². The molecule has 0 bridgehead atoms. The molecule has 25 heavy (non-hydrogen) atoms. The Morgan fingerprint density at radius 3 is 2.68 bits per heavy atom. The van der Waals surface area contributed by atoms with Crippen LogP contribution in [-0.2, 0) is 14.8 Å². The number of hydrogen-bond acceptors (Lipinski definition) is 7. The van der Waals surface area contributed by atoms with Crippen LogP contribution in [0.15, 0.2) is 32.9 Å². The summed E-state index contributed by atoms with van der Waals surface area (Å²) < 4.78 is 27.2. The predicted molar refractivity (Wildman–Crippen MR) is 101 cm³/mol. The lowest BCUT2D eigenvalue weighted by Crippen LogP contribution is -2.30. The Balaban J connectivity index is 2.14. The number of amides is 1. The number of aromatic nitrogens is 2. The second kappa shape index (κ2) is 8.95. The zero-order chi connectivity index (χ0) is 18.4. The van der Waals surface area contributed by atoms with Crippen molar-refractivity contribution in [3.05, 3.63) is 28.7 Å². The van der Waals surface area contributed by atoms with Crippen LogP contribution in [-0.4, -0.2) is 47.7 Å². The van der Waals surface area contributed by atoms with Crippen molar-refractivity contribution in [3.63, 3.8) is 0 Å². The Morgan fingerprint density at radius 1 is 1.36 bits per heavy atom. The van der Waals surface area contributed by atoms with Gasteiger partial charge >= 0.3 is 0 Å². The van der Waals surface area contributed by atoms with E-state index < -0.39 is 10.0 Å². The van der Waals surface area contributed by atoms with Crippen molar-refractivity contribution in [3.8, 4) is 0 Å². The van der Waals surface area contributed by atoms with Crippen molar-refractivity contribution in [1.29, 1.82) is 0 Å². The number of hydrogen-bond donors (Lipinski definition) is 1. The Hall–Kier alpha value is -1.20. The average Bonchev–Trinajstić information content (AvgIpc) is 3.09. The van der Waals surface area contributed by atoms with Crippen LogP contribution in [0.25, 0.3) is 0 Å². The molecule has 136 valence electrons. The van der Waals surface area contributed by atoms with Crippen LogP contribution < -0.4 is 5.32 Å². The molecular weight excluding hydrogens is 404 g/mol. The summed E-state index contributed by atoms with van der Waals surface area (Å²) >= 11 is 8.67.